The summed E-state index contributed by atoms with van der Waals surface area (Å²) < 4.78 is 41.6. The Morgan fingerprint density at radius 1 is 1.07 bits per heavy atom. The van der Waals surface area contributed by atoms with Crippen molar-refractivity contribution in [2.45, 2.75) is 20.0 Å². The van der Waals surface area contributed by atoms with Gasteiger partial charge in [-0.15, -0.1) is 5.10 Å². The van der Waals surface area contributed by atoms with E-state index in [1.54, 1.807) is 13.8 Å². The van der Waals surface area contributed by atoms with Gasteiger partial charge < -0.3 is 10.6 Å². The van der Waals surface area contributed by atoms with E-state index in [0.29, 0.717) is 13.1 Å². The Kier molecular flexibility index (Phi) is 5.90. The lowest BCUT2D eigenvalue weighted by atomic mass is 9.99. The number of nitrogens with zero attached hydrogens (tertiary/aromatic N) is 3. The lowest BCUT2D eigenvalue weighted by Crippen LogP contribution is -2.28. The summed E-state index contributed by atoms with van der Waals surface area (Å²) in [7, 11) is 0. The number of hydrogen-bond donors (Lipinski definition) is 3. The summed E-state index contributed by atoms with van der Waals surface area (Å²) in [5.41, 5.74) is -0.695. The number of hydrogen-bond acceptors (Lipinski definition) is 4. The molecule has 0 unspecified atom stereocenters. The third kappa shape index (κ3) is 4.34. The molecule has 0 radical (unpaired) electrons. The molecule has 158 valence electrons. The van der Waals surface area contributed by atoms with E-state index in [2.05, 4.69) is 26.0 Å². The molecule has 2 heterocycles. The zero-order valence-electron chi connectivity index (χ0n) is 16.2. The quantitative estimate of drug-likeness (QED) is 0.590. The van der Waals surface area contributed by atoms with Gasteiger partial charge in [0.25, 0.3) is 11.9 Å². The Hall–Kier alpha value is -3.63. The van der Waals surface area contributed by atoms with Gasteiger partial charge in [0.05, 0.1) is 5.56 Å². The maximum absolute atomic E-state index is 13.5. The SMILES string of the molecule is CCNC(=O)Nc1nc2cc(-c3ccccc3C(F)(F)F)cc(C(=O)NCC)n2n1. The number of benzene rings is 1. The van der Waals surface area contributed by atoms with E-state index in [1.807, 2.05) is 0 Å². The van der Waals surface area contributed by atoms with Crippen LogP contribution in [0.3, 0.4) is 0 Å². The smallest absolute Gasteiger partial charge is 0.351 e. The zero-order valence-corrected chi connectivity index (χ0v) is 16.2. The summed E-state index contributed by atoms with van der Waals surface area (Å²) in [6, 6.07) is 7.21. The number of carbonyl (C=O) groups is 2. The molecule has 3 aromatic rings. The van der Waals surface area contributed by atoms with E-state index in [9.17, 15) is 22.8 Å². The van der Waals surface area contributed by atoms with Gasteiger partial charge in [-0.1, -0.05) is 18.2 Å². The van der Waals surface area contributed by atoms with Crippen molar-refractivity contribution < 1.29 is 22.8 Å². The molecule has 0 atom stereocenters. The van der Waals surface area contributed by atoms with Gasteiger partial charge in [-0.2, -0.15) is 18.2 Å². The molecular weight excluding hydrogens is 401 g/mol. The van der Waals surface area contributed by atoms with Crippen molar-refractivity contribution in [1.29, 1.82) is 0 Å². The van der Waals surface area contributed by atoms with Crippen molar-refractivity contribution in [2.24, 2.45) is 0 Å². The number of anilines is 1. The van der Waals surface area contributed by atoms with Crippen LogP contribution in [0, 0.1) is 0 Å². The van der Waals surface area contributed by atoms with Gasteiger partial charge in [0, 0.05) is 13.1 Å². The van der Waals surface area contributed by atoms with Crippen molar-refractivity contribution in [1.82, 2.24) is 25.2 Å². The Morgan fingerprint density at radius 3 is 2.43 bits per heavy atom. The molecule has 0 saturated heterocycles. The first kappa shape index (κ1) is 21.1. The third-order valence-electron chi connectivity index (χ3n) is 4.11. The van der Waals surface area contributed by atoms with Crippen LogP contribution >= 0.6 is 0 Å². The predicted molar refractivity (Wildman–Crippen MR) is 104 cm³/mol. The molecule has 3 N–H and O–H groups in total. The number of alkyl halides is 3. The first-order chi connectivity index (χ1) is 14.2. The van der Waals surface area contributed by atoms with Crippen LogP contribution in [0.4, 0.5) is 23.9 Å². The monoisotopic (exact) mass is 420 g/mol. The van der Waals surface area contributed by atoms with Gasteiger partial charge >= 0.3 is 12.2 Å². The second kappa shape index (κ2) is 8.39. The van der Waals surface area contributed by atoms with Crippen molar-refractivity contribution in [3.05, 3.63) is 47.7 Å². The number of urea groups is 1. The first-order valence-corrected chi connectivity index (χ1v) is 9.15. The molecule has 8 nitrogen and oxygen atoms in total. The van der Waals surface area contributed by atoms with Crippen LogP contribution in [0.5, 0.6) is 0 Å². The molecule has 0 saturated carbocycles. The summed E-state index contributed by atoms with van der Waals surface area (Å²) in [5.74, 6) is -0.629. The van der Waals surface area contributed by atoms with E-state index in [4.69, 9.17) is 0 Å². The summed E-state index contributed by atoms with van der Waals surface area (Å²) in [4.78, 5) is 28.4. The van der Waals surface area contributed by atoms with Crippen LogP contribution in [0.2, 0.25) is 0 Å². The Balaban J connectivity index is 2.18. The van der Waals surface area contributed by atoms with Crippen LogP contribution in [0.25, 0.3) is 16.8 Å². The van der Waals surface area contributed by atoms with Gasteiger partial charge in [0.1, 0.15) is 5.69 Å². The molecule has 0 aliphatic heterocycles. The van der Waals surface area contributed by atoms with E-state index in [1.165, 1.54) is 34.8 Å². The fourth-order valence-corrected chi connectivity index (χ4v) is 2.89. The number of rotatable bonds is 5. The minimum atomic E-state index is -4.58. The predicted octanol–water partition coefficient (Wildman–Crippen LogP) is 3.31. The van der Waals surface area contributed by atoms with Gasteiger partial charge in [-0.25, -0.2) is 9.31 Å². The molecule has 30 heavy (non-hydrogen) atoms. The Labute approximate surface area is 169 Å². The molecule has 0 bridgehead atoms. The second-order valence-corrected chi connectivity index (χ2v) is 6.22. The normalized spacial score (nSPS) is 11.4. The molecule has 0 fully saturated rings. The maximum Gasteiger partial charge on any atom is 0.417 e. The minimum Gasteiger partial charge on any atom is -0.351 e. The van der Waals surface area contributed by atoms with Gasteiger partial charge in [-0.3, -0.25) is 10.1 Å². The molecule has 0 aliphatic carbocycles. The van der Waals surface area contributed by atoms with Crippen LogP contribution in [-0.4, -0.2) is 39.6 Å². The van der Waals surface area contributed by atoms with E-state index < -0.39 is 23.7 Å². The summed E-state index contributed by atoms with van der Waals surface area (Å²) in [5, 5.41) is 11.6. The summed E-state index contributed by atoms with van der Waals surface area (Å²) >= 11 is 0. The van der Waals surface area contributed by atoms with Crippen LogP contribution < -0.4 is 16.0 Å². The average Bonchev–Trinajstić information content (AvgIpc) is 3.09. The molecule has 0 spiro atoms. The molecule has 3 amide bonds. The summed E-state index contributed by atoms with van der Waals surface area (Å²) in [6.07, 6.45) is -4.58. The number of carbonyl (C=O) groups excluding carboxylic acids is 2. The van der Waals surface area contributed by atoms with E-state index in [-0.39, 0.29) is 28.4 Å². The lowest BCUT2D eigenvalue weighted by molar-refractivity contribution is -0.137. The van der Waals surface area contributed by atoms with Crippen molar-refractivity contribution in [3.8, 4) is 11.1 Å². The maximum atomic E-state index is 13.5. The van der Waals surface area contributed by atoms with E-state index >= 15 is 0 Å². The van der Waals surface area contributed by atoms with Crippen LogP contribution in [0.1, 0.15) is 29.9 Å². The fourth-order valence-electron chi connectivity index (χ4n) is 2.89. The molecule has 3 rings (SSSR count). The van der Waals surface area contributed by atoms with Crippen molar-refractivity contribution in [2.75, 3.05) is 18.4 Å². The highest BCUT2D eigenvalue weighted by Gasteiger charge is 2.33. The van der Waals surface area contributed by atoms with Crippen LogP contribution in [-0.2, 0) is 6.18 Å². The average molecular weight is 420 g/mol. The molecule has 1 aromatic carbocycles. The number of aromatic nitrogens is 3. The third-order valence-corrected chi connectivity index (χ3v) is 4.11. The van der Waals surface area contributed by atoms with Gasteiger partial charge in [-0.05, 0) is 43.2 Å². The number of amides is 3. The number of pyridine rings is 1. The molecular formula is C19H19F3N6O2. The first-order valence-electron chi connectivity index (χ1n) is 9.15. The summed E-state index contributed by atoms with van der Waals surface area (Å²) in [6.45, 7) is 4.12. The highest BCUT2D eigenvalue weighted by Crippen LogP contribution is 2.37. The van der Waals surface area contributed by atoms with Gasteiger partial charge in [0.2, 0.25) is 0 Å². The standard InChI is InChI=1S/C19H19F3N6O2/c1-3-23-16(29)14-9-11(12-7-5-6-8-13(12)19(20,21)22)10-15-25-17(27-28(14)15)26-18(30)24-4-2/h5-10H,3-4H2,1-2H3,(H,23,29)(H2,24,26,27,30). The Bertz CT molecular complexity index is 1090. The number of halogens is 3. The van der Waals surface area contributed by atoms with Crippen molar-refractivity contribution in [3.63, 3.8) is 0 Å². The lowest BCUT2D eigenvalue weighted by Gasteiger charge is -2.14. The largest absolute Gasteiger partial charge is 0.417 e. The highest BCUT2D eigenvalue weighted by molar-refractivity contribution is 5.95. The highest BCUT2D eigenvalue weighted by atomic mass is 19.4. The second-order valence-electron chi connectivity index (χ2n) is 6.22. The minimum absolute atomic E-state index is 0.0159. The fraction of sp³-hybridized carbons (Fsp3) is 0.263. The van der Waals surface area contributed by atoms with E-state index in [0.717, 1.165) is 6.07 Å². The zero-order chi connectivity index (χ0) is 21.9. The topological polar surface area (TPSA) is 100 Å². The molecule has 0 aliphatic rings. The number of fused-ring (bicyclic) bond motifs is 1. The van der Waals surface area contributed by atoms with Gasteiger partial charge in [0.15, 0.2) is 5.65 Å². The molecule has 2 aromatic heterocycles. The van der Waals surface area contributed by atoms with Crippen LogP contribution in [0.15, 0.2) is 36.4 Å². The number of nitrogens with one attached hydrogen (secondary N) is 3. The van der Waals surface area contributed by atoms with Crippen molar-refractivity contribution >= 4 is 23.5 Å². The molecule has 11 heteroatoms. The Morgan fingerprint density at radius 2 is 1.77 bits per heavy atom.